The Hall–Kier alpha value is -2.74. The summed E-state index contributed by atoms with van der Waals surface area (Å²) in [4.78, 5) is 22.7. The average molecular weight is 334 g/mol. The second kappa shape index (κ2) is 6.17. The van der Waals surface area contributed by atoms with Gasteiger partial charge in [0.1, 0.15) is 0 Å². The summed E-state index contributed by atoms with van der Waals surface area (Å²) in [6.07, 6.45) is 1.07. The van der Waals surface area contributed by atoms with Crippen molar-refractivity contribution in [2.75, 3.05) is 11.6 Å². The predicted molar refractivity (Wildman–Crippen MR) is 85.3 cm³/mol. The van der Waals surface area contributed by atoms with Crippen LogP contribution in [0.4, 0.5) is 11.4 Å². The molecule has 0 aliphatic rings. The first-order valence-corrected chi connectivity index (χ1v) is 8.45. The highest BCUT2D eigenvalue weighted by Crippen LogP contribution is 2.22. The van der Waals surface area contributed by atoms with Gasteiger partial charge in [-0.05, 0) is 31.2 Å². The number of carbonyl (C=O) groups is 1. The van der Waals surface area contributed by atoms with Crippen LogP contribution in [-0.4, -0.2) is 25.5 Å². The number of nitro groups is 1. The summed E-state index contributed by atoms with van der Waals surface area (Å²) < 4.78 is 23.1. The fourth-order valence-electron chi connectivity index (χ4n) is 2.07. The monoisotopic (exact) mass is 334 g/mol. The molecule has 0 saturated carbocycles. The van der Waals surface area contributed by atoms with Gasteiger partial charge in [0, 0.05) is 29.1 Å². The Kier molecular flexibility index (Phi) is 4.46. The molecule has 0 aliphatic carbocycles. The van der Waals surface area contributed by atoms with E-state index in [0.29, 0.717) is 5.69 Å². The topological polar surface area (TPSA) is 106 Å². The van der Waals surface area contributed by atoms with Gasteiger partial charge in [-0.2, -0.15) is 0 Å². The van der Waals surface area contributed by atoms with Crippen molar-refractivity contribution < 1.29 is 18.1 Å². The Morgan fingerprint density at radius 2 is 1.83 bits per heavy atom. The Morgan fingerprint density at radius 3 is 2.43 bits per heavy atom. The van der Waals surface area contributed by atoms with Gasteiger partial charge in [-0.3, -0.25) is 14.9 Å². The van der Waals surface area contributed by atoms with Crippen molar-refractivity contribution >= 4 is 27.1 Å². The number of hydrogen-bond acceptors (Lipinski definition) is 5. The van der Waals surface area contributed by atoms with Crippen LogP contribution in [0, 0.1) is 17.0 Å². The molecule has 2 aromatic carbocycles. The smallest absolute Gasteiger partial charge is 0.273 e. The van der Waals surface area contributed by atoms with Gasteiger partial charge in [0.15, 0.2) is 9.84 Å². The predicted octanol–water partition coefficient (Wildman–Crippen LogP) is 2.56. The lowest BCUT2D eigenvalue weighted by molar-refractivity contribution is -0.385. The zero-order chi connectivity index (χ0) is 17.2. The number of carbonyl (C=O) groups excluding carboxylic acids is 1. The lowest BCUT2D eigenvalue weighted by Gasteiger charge is -2.09. The third-order valence-electron chi connectivity index (χ3n) is 3.27. The van der Waals surface area contributed by atoms with Gasteiger partial charge in [-0.15, -0.1) is 0 Å². The highest BCUT2D eigenvalue weighted by Gasteiger charge is 2.18. The molecule has 23 heavy (non-hydrogen) atoms. The van der Waals surface area contributed by atoms with Crippen LogP contribution in [0.2, 0.25) is 0 Å². The Labute approximate surface area is 133 Å². The Balaban J connectivity index is 2.34. The van der Waals surface area contributed by atoms with Crippen LogP contribution in [0.5, 0.6) is 0 Å². The van der Waals surface area contributed by atoms with E-state index in [9.17, 15) is 23.3 Å². The van der Waals surface area contributed by atoms with Crippen LogP contribution in [0.15, 0.2) is 47.4 Å². The van der Waals surface area contributed by atoms with E-state index in [-0.39, 0.29) is 21.7 Å². The number of rotatable bonds is 4. The Morgan fingerprint density at radius 1 is 1.17 bits per heavy atom. The first-order valence-electron chi connectivity index (χ1n) is 6.55. The zero-order valence-corrected chi connectivity index (χ0v) is 13.3. The van der Waals surface area contributed by atoms with Crippen molar-refractivity contribution in [2.45, 2.75) is 11.8 Å². The summed E-state index contributed by atoms with van der Waals surface area (Å²) in [6, 6.07) is 10.0. The number of benzene rings is 2. The summed E-state index contributed by atoms with van der Waals surface area (Å²) in [6.45, 7) is 1.49. The van der Waals surface area contributed by atoms with Crippen LogP contribution in [0.1, 0.15) is 15.9 Å². The third kappa shape index (κ3) is 3.72. The van der Waals surface area contributed by atoms with Crippen LogP contribution >= 0.6 is 0 Å². The molecule has 0 fully saturated rings. The van der Waals surface area contributed by atoms with Crippen molar-refractivity contribution in [1.29, 1.82) is 0 Å². The van der Waals surface area contributed by atoms with Crippen molar-refractivity contribution in [2.24, 2.45) is 0 Å². The van der Waals surface area contributed by atoms with Crippen LogP contribution < -0.4 is 5.32 Å². The van der Waals surface area contributed by atoms with Gasteiger partial charge < -0.3 is 5.32 Å². The van der Waals surface area contributed by atoms with Crippen LogP contribution in [0.3, 0.4) is 0 Å². The number of amides is 1. The number of anilines is 1. The number of nitrogens with one attached hydrogen (secondary N) is 1. The molecular weight excluding hydrogens is 320 g/mol. The molecule has 8 heteroatoms. The summed E-state index contributed by atoms with van der Waals surface area (Å²) in [5.74, 6) is -0.545. The van der Waals surface area contributed by atoms with E-state index in [4.69, 9.17) is 0 Å². The molecule has 0 unspecified atom stereocenters. The number of sulfone groups is 1. The molecule has 0 heterocycles. The largest absolute Gasteiger partial charge is 0.322 e. The van der Waals surface area contributed by atoms with Crippen molar-refractivity contribution in [3.8, 4) is 0 Å². The molecule has 0 aromatic heterocycles. The molecule has 1 amide bonds. The van der Waals surface area contributed by atoms with E-state index in [1.54, 1.807) is 6.07 Å². The summed E-state index contributed by atoms with van der Waals surface area (Å²) >= 11 is 0. The van der Waals surface area contributed by atoms with Gasteiger partial charge in [-0.1, -0.05) is 12.1 Å². The highest BCUT2D eigenvalue weighted by molar-refractivity contribution is 7.90. The van der Waals surface area contributed by atoms with E-state index in [0.717, 1.165) is 6.26 Å². The molecule has 120 valence electrons. The molecule has 2 aromatic rings. The minimum atomic E-state index is -3.39. The number of nitrogens with zero attached hydrogens (tertiary/aromatic N) is 1. The molecule has 0 spiro atoms. The SMILES string of the molecule is Cc1c(C(=O)Nc2cccc(S(C)(=O)=O)c2)cccc1[N+](=O)[O-]. The maximum absolute atomic E-state index is 12.3. The van der Waals surface area contributed by atoms with Gasteiger partial charge in [-0.25, -0.2) is 8.42 Å². The maximum atomic E-state index is 12.3. The van der Waals surface area contributed by atoms with Crippen molar-refractivity contribution in [3.05, 3.63) is 63.7 Å². The average Bonchev–Trinajstić information content (AvgIpc) is 2.46. The van der Waals surface area contributed by atoms with E-state index >= 15 is 0 Å². The molecule has 0 bridgehead atoms. The minimum absolute atomic E-state index is 0.0751. The maximum Gasteiger partial charge on any atom is 0.273 e. The quantitative estimate of drug-likeness (QED) is 0.683. The second-order valence-corrected chi connectivity index (χ2v) is 6.98. The van der Waals surface area contributed by atoms with E-state index < -0.39 is 20.7 Å². The van der Waals surface area contributed by atoms with Gasteiger partial charge >= 0.3 is 0 Å². The molecule has 0 radical (unpaired) electrons. The molecule has 0 aliphatic heterocycles. The fraction of sp³-hybridized carbons (Fsp3) is 0.133. The van der Waals surface area contributed by atoms with Crippen molar-refractivity contribution in [1.82, 2.24) is 0 Å². The summed E-state index contributed by atoms with van der Waals surface area (Å²) in [5, 5.41) is 13.5. The first kappa shape index (κ1) is 16.6. The van der Waals surface area contributed by atoms with E-state index in [1.165, 1.54) is 43.3 Å². The van der Waals surface area contributed by atoms with Crippen LogP contribution in [-0.2, 0) is 9.84 Å². The first-order chi connectivity index (χ1) is 10.7. The van der Waals surface area contributed by atoms with E-state index in [1.807, 2.05) is 0 Å². The molecule has 1 N–H and O–H groups in total. The normalized spacial score (nSPS) is 11.0. The fourth-order valence-corrected chi connectivity index (χ4v) is 2.74. The zero-order valence-electron chi connectivity index (χ0n) is 12.4. The molecule has 0 saturated heterocycles. The molecule has 0 atom stereocenters. The molecule has 7 nitrogen and oxygen atoms in total. The molecule has 2 rings (SSSR count). The third-order valence-corrected chi connectivity index (χ3v) is 4.38. The van der Waals surface area contributed by atoms with Crippen LogP contribution in [0.25, 0.3) is 0 Å². The van der Waals surface area contributed by atoms with Gasteiger partial charge in [0.05, 0.1) is 9.82 Å². The number of nitro benzene ring substituents is 1. The highest BCUT2D eigenvalue weighted by atomic mass is 32.2. The van der Waals surface area contributed by atoms with E-state index in [2.05, 4.69) is 5.32 Å². The lowest BCUT2D eigenvalue weighted by Crippen LogP contribution is -2.14. The standard InChI is InChI=1S/C15H14N2O5S/c1-10-13(7-4-8-14(10)17(19)20)15(18)16-11-5-3-6-12(9-11)23(2,21)22/h3-9H,1-2H3,(H,16,18). The number of hydrogen-bond donors (Lipinski definition) is 1. The Bertz CT molecular complexity index is 890. The lowest BCUT2D eigenvalue weighted by atomic mass is 10.1. The van der Waals surface area contributed by atoms with Gasteiger partial charge in [0.2, 0.25) is 0 Å². The van der Waals surface area contributed by atoms with Gasteiger partial charge in [0.25, 0.3) is 11.6 Å². The minimum Gasteiger partial charge on any atom is -0.322 e. The summed E-state index contributed by atoms with van der Waals surface area (Å²) in [7, 11) is -3.39. The second-order valence-electron chi connectivity index (χ2n) is 4.96. The molecular formula is C15H14N2O5S. The summed E-state index contributed by atoms with van der Waals surface area (Å²) in [5.41, 5.74) is 0.546. The van der Waals surface area contributed by atoms with Crippen molar-refractivity contribution in [3.63, 3.8) is 0 Å².